The number of carbonyl (C=O) groups is 1. The quantitative estimate of drug-likeness (QED) is 0.920. The van der Waals surface area contributed by atoms with E-state index in [-0.39, 0.29) is 5.91 Å². The molecule has 0 bridgehead atoms. The fourth-order valence-electron chi connectivity index (χ4n) is 2.97. The smallest absolute Gasteiger partial charge is 0.258 e. The highest BCUT2D eigenvalue weighted by Crippen LogP contribution is 2.33. The molecule has 0 aliphatic carbocycles. The minimum atomic E-state index is -0.587. The molecule has 1 fully saturated rings. The van der Waals surface area contributed by atoms with Crippen LogP contribution in [0, 0.1) is 0 Å². The monoisotopic (exact) mass is 301 g/mol. The van der Waals surface area contributed by atoms with Crippen molar-refractivity contribution in [3.63, 3.8) is 0 Å². The van der Waals surface area contributed by atoms with Gasteiger partial charge in [-0.3, -0.25) is 14.7 Å². The van der Waals surface area contributed by atoms with E-state index in [9.17, 15) is 4.79 Å². The van der Waals surface area contributed by atoms with Crippen LogP contribution < -0.4 is 10.1 Å². The van der Waals surface area contributed by atoms with E-state index in [4.69, 9.17) is 4.74 Å². The van der Waals surface area contributed by atoms with E-state index >= 15 is 0 Å². The van der Waals surface area contributed by atoms with Gasteiger partial charge in [-0.2, -0.15) is 0 Å². The van der Waals surface area contributed by atoms with Gasteiger partial charge in [0.05, 0.1) is 17.6 Å². The summed E-state index contributed by atoms with van der Waals surface area (Å²) in [6.45, 7) is 2.46. The Morgan fingerprint density at radius 2 is 2.33 bits per heavy atom. The van der Waals surface area contributed by atoms with Crippen LogP contribution in [0.4, 0.5) is 0 Å². The Bertz CT molecular complexity index is 673. The van der Waals surface area contributed by atoms with Crippen molar-refractivity contribution in [3.8, 4) is 5.75 Å². The number of aromatic nitrogens is 1. The molecule has 6 heteroatoms. The minimum absolute atomic E-state index is 0.0449. The van der Waals surface area contributed by atoms with Crippen molar-refractivity contribution >= 4 is 17.2 Å². The molecule has 2 aromatic rings. The molecule has 108 valence electrons. The Kier molecular flexibility index (Phi) is 2.94. The SMILES string of the molecule is O=C1NC2(CCN(Cc3cncs3)C2)Oc2ccccc21. The zero-order valence-corrected chi connectivity index (χ0v) is 12.2. The molecule has 0 radical (unpaired) electrons. The van der Waals surface area contributed by atoms with E-state index in [2.05, 4.69) is 15.2 Å². The van der Waals surface area contributed by atoms with Gasteiger partial charge < -0.3 is 10.1 Å². The molecule has 1 aromatic heterocycles. The van der Waals surface area contributed by atoms with E-state index in [0.717, 1.165) is 19.5 Å². The van der Waals surface area contributed by atoms with Crippen LogP contribution in [0.1, 0.15) is 21.7 Å². The average Bonchev–Trinajstić information content (AvgIpc) is 3.10. The number of nitrogens with one attached hydrogen (secondary N) is 1. The molecule has 1 atom stereocenters. The summed E-state index contributed by atoms with van der Waals surface area (Å²) in [5, 5.41) is 3.04. The first-order chi connectivity index (χ1) is 10.2. The second-order valence-electron chi connectivity index (χ2n) is 5.48. The summed E-state index contributed by atoms with van der Waals surface area (Å²) >= 11 is 1.65. The number of rotatable bonds is 2. The molecule has 1 N–H and O–H groups in total. The number of ether oxygens (including phenoxy) is 1. The molecule has 3 heterocycles. The predicted molar refractivity (Wildman–Crippen MR) is 79.3 cm³/mol. The van der Waals surface area contributed by atoms with Crippen LogP contribution in [0.15, 0.2) is 36.0 Å². The number of carbonyl (C=O) groups excluding carboxylic acids is 1. The van der Waals surface area contributed by atoms with Crippen LogP contribution in [0.5, 0.6) is 5.75 Å². The van der Waals surface area contributed by atoms with Crippen molar-refractivity contribution in [1.82, 2.24) is 15.2 Å². The van der Waals surface area contributed by atoms with E-state index in [0.29, 0.717) is 17.9 Å². The fourth-order valence-corrected chi connectivity index (χ4v) is 3.61. The zero-order chi connectivity index (χ0) is 14.3. The number of nitrogens with zero attached hydrogens (tertiary/aromatic N) is 2. The van der Waals surface area contributed by atoms with Crippen molar-refractivity contribution in [2.24, 2.45) is 0 Å². The standard InChI is InChI=1S/C15H15N3O2S/c19-14-12-3-1-2-4-13(12)20-15(17-14)5-6-18(9-15)8-11-7-16-10-21-11/h1-4,7,10H,5-6,8-9H2,(H,17,19). The van der Waals surface area contributed by atoms with Gasteiger partial charge in [0.15, 0.2) is 5.72 Å². The molecule has 1 saturated heterocycles. The second-order valence-corrected chi connectivity index (χ2v) is 6.45. The molecule has 1 aromatic carbocycles. The minimum Gasteiger partial charge on any atom is -0.466 e. The Morgan fingerprint density at radius 1 is 1.43 bits per heavy atom. The first kappa shape index (κ1) is 12.8. The summed E-state index contributed by atoms with van der Waals surface area (Å²) in [4.78, 5) is 19.9. The van der Waals surface area contributed by atoms with E-state index < -0.39 is 5.72 Å². The highest BCUT2D eigenvalue weighted by molar-refractivity contribution is 7.09. The maximum absolute atomic E-state index is 12.3. The van der Waals surface area contributed by atoms with Crippen molar-refractivity contribution < 1.29 is 9.53 Å². The van der Waals surface area contributed by atoms with Crippen molar-refractivity contribution in [2.45, 2.75) is 18.7 Å². The van der Waals surface area contributed by atoms with Gasteiger partial charge >= 0.3 is 0 Å². The molecular weight excluding hydrogens is 286 g/mol. The largest absolute Gasteiger partial charge is 0.466 e. The molecule has 21 heavy (non-hydrogen) atoms. The van der Waals surface area contributed by atoms with Crippen LogP contribution in [0.25, 0.3) is 0 Å². The topological polar surface area (TPSA) is 54.5 Å². The number of hydrogen-bond acceptors (Lipinski definition) is 5. The molecule has 2 aliphatic rings. The lowest BCUT2D eigenvalue weighted by molar-refractivity contribution is 0.0246. The molecule has 5 nitrogen and oxygen atoms in total. The number of para-hydroxylation sites is 1. The maximum Gasteiger partial charge on any atom is 0.258 e. The third-order valence-corrected chi connectivity index (χ3v) is 4.72. The van der Waals surface area contributed by atoms with Crippen LogP contribution in [-0.4, -0.2) is 34.6 Å². The van der Waals surface area contributed by atoms with Gasteiger partial charge in [-0.15, -0.1) is 11.3 Å². The molecule has 1 unspecified atom stereocenters. The molecule has 4 rings (SSSR count). The number of hydrogen-bond donors (Lipinski definition) is 1. The van der Waals surface area contributed by atoms with Crippen molar-refractivity contribution in [1.29, 1.82) is 0 Å². The number of fused-ring (bicyclic) bond motifs is 1. The highest BCUT2D eigenvalue weighted by atomic mass is 32.1. The zero-order valence-electron chi connectivity index (χ0n) is 11.4. The number of benzene rings is 1. The number of thiazole rings is 1. The lowest BCUT2D eigenvalue weighted by atomic mass is 10.1. The van der Waals surface area contributed by atoms with Gasteiger partial charge in [-0.05, 0) is 12.1 Å². The van der Waals surface area contributed by atoms with Crippen LogP contribution in [0.2, 0.25) is 0 Å². The van der Waals surface area contributed by atoms with Gasteiger partial charge in [0, 0.05) is 30.6 Å². The van der Waals surface area contributed by atoms with Crippen LogP contribution >= 0.6 is 11.3 Å². The average molecular weight is 301 g/mol. The molecule has 2 aliphatic heterocycles. The van der Waals surface area contributed by atoms with Crippen molar-refractivity contribution in [3.05, 3.63) is 46.4 Å². The lowest BCUT2D eigenvalue weighted by Gasteiger charge is -2.36. The van der Waals surface area contributed by atoms with Crippen LogP contribution in [-0.2, 0) is 6.54 Å². The summed E-state index contributed by atoms with van der Waals surface area (Å²) in [6, 6.07) is 7.41. The Balaban J connectivity index is 1.53. The Hall–Kier alpha value is -1.92. The summed E-state index contributed by atoms with van der Waals surface area (Å²) in [5.74, 6) is 0.636. The molecular formula is C15H15N3O2S. The Morgan fingerprint density at radius 3 is 3.19 bits per heavy atom. The van der Waals surface area contributed by atoms with Gasteiger partial charge in [0.25, 0.3) is 5.91 Å². The Labute approximate surface area is 126 Å². The van der Waals surface area contributed by atoms with Gasteiger partial charge in [-0.1, -0.05) is 12.1 Å². The summed E-state index contributed by atoms with van der Waals surface area (Å²) in [6.07, 6.45) is 2.69. The van der Waals surface area contributed by atoms with Gasteiger partial charge in [0.2, 0.25) is 0 Å². The van der Waals surface area contributed by atoms with Crippen LogP contribution in [0.3, 0.4) is 0 Å². The second kappa shape index (κ2) is 4.82. The third kappa shape index (κ3) is 2.30. The molecule has 0 saturated carbocycles. The highest BCUT2D eigenvalue weighted by Gasteiger charge is 2.45. The normalized spacial score (nSPS) is 24.7. The fraction of sp³-hybridized carbons (Fsp3) is 0.333. The van der Waals surface area contributed by atoms with E-state index in [1.807, 2.05) is 29.9 Å². The van der Waals surface area contributed by atoms with Gasteiger partial charge in [-0.25, -0.2) is 0 Å². The number of likely N-dealkylation sites (tertiary alicyclic amines) is 1. The molecule has 1 spiro atoms. The first-order valence-corrected chi connectivity index (χ1v) is 7.82. The van der Waals surface area contributed by atoms with Gasteiger partial charge in [0.1, 0.15) is 5.75 Å². The molecule has 1 amide bonds. The van der Waals surface area contributed by atoms with Crippen molar-refractivity contribution in [2.75, 3.05) is 13.1 Å². The summed E-state index contributed by atoms with van der Waals surface area (Å²) in [7, 11) is 0. The predicted octanol–water partition coefficient (Wildman–Crippen LogP) is 1.87. The lowest BCUT2D eigenvalue weighted by Crippen LogP contribution is -2.57. The summed E-state index contributed by atoms with van der Waals surface area (Å²) < 4.78 is 6.11. The maximum atomic E-state index is 12.3. The first-order valence-electron chi connectivity index (χ1n) is 6.94. The summed E-state index contributed by atoms with van der Waals surface area (Å²) in [5.41, 5.74) is 1.87. The van der Waals surface area contributed by atoms with E-state index in [1.54, 1.807) is 17.4 Å². The number of amides is 1. The third-order valence-electron chi connectivity index (χ3n) is 3.95. The van der Waals surface area contributed by atoms with E-state index in [1.165, 1.54) is 4.88 Å².